The Morgan fingerprint density at radius 1 is 0.364 bits per heavy atom. The molecule has 9 aromatic carbocycles. The van der Waals surface area contributed by atoms with Crippen LogP contribution in [0.25, 0.3) is 80.7 Å². The van der Waals surface area contributed by atoms with Crippen molar-refractivity contribution in [3.63, 3.8) is 0 Å². The molecule has 0 saturated heterocycles. The molecule has 0 radical (unpaired) electrons. The van der Waals surface area contributed by atoms with E-state index in [4.69, 9.17) is 0 Å². The van der Waals surface area contributed by atoms with Gasteiger partial charge in [0.1, 0.15) is 0 Å². The van der Waals surface area contributed by atoms with E-state index in [1.807, 2.05) is 11.3 Å². The third-order valence-electron chi connectivity index (χ3n) is 11.0. The molecule has 0 spiro atoms. The number of nitrogens with zero attached hydrogens (tertiary/aromatic N) is 2. The number of rotatable bonds is 6. The van der Waals surface area contributed by atoms with Crippen molar-refractivity contribution < 1.29 is 0 Å². The second-order valence-electron chi connectivity index (χ2n) is 14.2. The Morgan fingerprint density at radius 3 is 1.93 bits per heavy atom. The fourth-order valence-corrected chi connectivity index (χ4v) is 9.47. The first-order valence-electron chi connectivity index (χ1n) is 18.8. The third-order valence-corrected chi connectivity index (χ3v) is 12.1. The first-order valence-corrected chi connectivity index (χ1v) is 19.6. The lowest BCUT2D eigenvalue weighted by Crippen LogP contribution is -2.10. The summed E-state index contributed by atoms with van der Waals surface area (Å²) in [4.78, 5) is 2.41. The van der Waals surface area contributed by atoms with Crippen LogP contribution in [0.5, 0.6) is 0 Å². The van der Waals surface area contributed by atoms with Gasteiger partial charge in [-0.05, 0) is 100 Å². The van der Waals surface area contributed by atoms with Crippen LogP contribution in [0, 0.1) is 0 Å². The molecular weight excluding hydrogens is 685 g/mol. The average Bonchev–Trinajstić information content (AvgIpc) is 3.80. The maximum Gasteiger partial charge on any atom is 0.0619 e. The third kappa shape index (κ3) is 5.32. The highest BCUT2D eigenvalue weighted by Crippen LogP contribution is 2.43. The van der Waals surface area contributed by atoms with Gasteiger partial charge in [0.15, 0.2) is 0 Å². The van der Waals surface area contributed by atoms with Crippen LogP contribution in [-0.4, -0.2) is 4.57 Å². The predicted octanol–water partition coefficient (Wildman–Crippen LogP) is 15.1. The number of aromatic nitrogens is 1. The van der Waals surface area contributed by atoms with Crippen LogP contribution in [-0.2, 0) is 0 Å². The van der Waals surface area contributed by atoms with E-state index < -0.39 is 0 Å². The molecule has 0 saturated carbocycles. The van der Waals surface area contributed by atoms with Gasteiger partial charge in [-0.15, -0.1) is 11.3 Å². The summed E-state index contributed by atoms with van der Waals surface area (Å²) in [5.74, 6) is 0. The van der Waals surface area contributed by atoms with E-state index in [2.05, 4.69) is 216 Å². The predicted molar refractivity (Wildman–Crippen MR) is 237 cm³/mol. The smallest absolute Gasteiger partial charge is 0.0619 e. The second-order valence-corrected chi connectivity index (χ2v) is 15.2. The fourth-order valence-electron chi connectivity index (χ4n) is 8.38. The molecule has 0 N–H and O–H groups in total. The van der Waals surface area contributed by atoms with Crippen molar-refractivity contribution in [1.82, 2.24) is 4.57 Å². The average molecular weight is 719 g/mol. The molecule has 0 bridgehead atoms. The highest BCUT2D eigenvalue weighted by molar-refractivity contribution is 7.25. The van der Waals surface area contributed by atoms with Crippen LogP contribution < -0.4 is 4.90 Å². The summed E-state index contributed by atoms with van der Waals surface area (Å²) in [6.07, 6.45) is 0. The van der Waals surface area contributed by atoms with Gasteiger partial charge in [-0.25, -0.2) is 0 Å². The number of anilines is 3. The summed E-state index contributed by atoms with van der Waals surface area (Å²) in [5, 5.41) is 7.58. The van der Waals surface area contributed by atoms with Gasteiger partial charge in [0.2, 0.25) is 0 Å². The van der Waals surface area contributed by atoms with E-state index in [1.54, 1.807) is 0 Å². The van der Waals surface area contributed by atoms with E-state index in [9.17, 15) is 0 Å². The summed E-state index contributed by atoms with van der Waals surface area (Å²) in [6, 6.07) is 75.3. The monoisotopic (exact) mass is 718 g/mol. The first-order chi connectivity index (χ1) is 27.3. The Balaban J connectivity index is 1.09. The summed E-state index contributed by atoms with van der Waals surface area (Å²) >= 11 is 1.86. The lowest BCUT2D eigenvalue weighted by Gasteiger charge is -2.26. The van der Waals surface area contributed by atoms with Gasteiger partial charge >= 0.3 is 0 Å². The van der Waals surface area contributed by atoms with E-state index >= 15 is 0 Å². The largest absolute Gasteiger partial charge is 0.310 e. The summed E-state index contributed by atoms with van der Waals surface area (Å²) in [6.45, 7) is 0. The summed E-state index contributed by atoms with van der Waals surface area (Å²) in [5.41, 5.74) is 11.7. The topological polar surface area (TPSA) is 8.17 Å². The van der Waals surface area contributed by atoms with E-state index in [0.717, 1.165) is 22.7 Å². The molecule has 0 unspecified atom stereocenters. The van der Waals surface area contributed by atoms with Crippen molar-refractivity contribution >= 4 is 81.1 Å². The normalized spacial score (nSPS) is 11.6. The molecule has 0 amide bonds. The van der Waals surface area contributed by atoms with Gasteiger partial charge in [0, 0.05) is 59.3 Å². The van der Waals surface area contributed by atoms with Gasteiger partial charge in [-0.3, -0.25) is 0 Å². The quantitative estimate of drug-likeness (QED) is 0.166. The molecule has 55 heavy (non-hydrogen) atoms. The second kappa shape index (κ2) is 12.9. The minimum absolute atomic E-state index is 1.11. The molecule has 0 atom stereocenters. The number of para-hydroxylation sites is 3. The SMILES string of the molecule is c1ccc(-n2c3ccccc3c3cccc(-c4cccc(N(c5ccc(-c6ccc7ccccc7c6)cc5)c5ccc6sc7ccccc7c6c5)c4)c32)cc1. The highest BCUT2D eigenvalue weighted by atomic mass is 32.1. The zero-order valence-corrected chi connectivity index (χ0v) is 30.7. The van der Waals surface area contributed by atoms with Gasteiger partial charge in [0.05, 0.1) is 11.0 Å². The lowest BCUT2D eigenvalue weighted by molar-refractivity contribution is 1.18. The molecule has 0 aliphatic rings. The number of hydrogen-bond donors (Lipinski definition) is 0. The molecular formula is C52H34N2S. The zero-order valence-electron chi connectivity index (χ0n) is 29.9. The van der Waals surface area contributed by atoms with Crippen LogP contribution in [0.4, 0.5) is 17.1 Å². The van der Waals surface area contributed by atoms with Crippen LogP contribution in [0.3, 0.4) is 0 Å². The molecule has 0 fully saturated rings. The van der Waals surface area contributed by atoms with Crippen LogP contribution in [0.2, 0.25) is 0 Å². The van der Waals surface area contributed by atoms with Crippen LogP contribution in [0.15, 0.2) is 206 Å². The molecule has 2 heterocycles. The van der Waals surface area contributed by atoms with Gasteiger partial charge < -0.3 is 9.47 Å². The summed E-state index contributed by atoms with van der Waals surface area (Å²) in [7, 11) is 0. The molecule has 2 nitrogen and oxygen atoms in total. The molecule has 0 aliphatic heterocycles. The maximum atomic E-state index is 2.42. The van der Waals surface area contributed by atoms with Gasteiger partial charge in [-0.1, -0.05) is 133 Å². The van der Waals surface area contributed by atoms with Crippen molar-refractivity contribution in [2.24, 2.45) is 0 Å². The maximum absolute atomic E-state index is 2.42. The molecule has 258 valence electrons. The number of thiophene rings is 1. The standard InChI is InChI=1S/C52H34N2S/c1-2-15-40(16-3-1)54-49-22-8-6-18-45(49)47-21-11-20-44(52(47)54)39-14-10-17-42(33-39)53(43-30-31-51-48(34-43)46-19-7-9-23-50(46)55-51)41-28-26-36(27-29-41)38-25-24-35-12-4-5-13-37(35)32-38/h1-34H. The summed E-state index contributed by atoms with van der Waals surface area (Å²) < 4.78 is 5.03. The highest BCUT2D eigenvalue weighted by Gasteiger charge is 2.19. The molecule has 0 aliphatic carbocycles. The molecule has 11 aromatic rings. The van der Waals surface area contributed by atoms with Crippen molar-refractivity contribution in [3.05, 3.63) is 206 Å². The number of hydrogen-bond acceptors (Lipinski definition) is 2. The van der Waals surface area contributed by atoms with Crippen molar-refractivity contribution in [3.8, 4) is 27.9 Å². The Bertz CT molecular complexity index is 3210. The van der Waals surface area contributed by atoms with Crippen molar-refractivity contribution in [2.45, 2.75) is 0 Å². The Morgan fingerprint density at radius 2 is 1.04 bits per heavy atom. The minimum atomic E-state index is 1.11. The zero-order chi connectivity index (χ0) is 36.3. The van der Waals surface area contributed by atoms with Gasteiger partial charge in [0.25, 0.3) is 0 Å². The fraction of sp³-hybridized carbons (Fsp3) is 0. The van der Waals surface area contributed by atoms with Crippen LogP contribution >= 0.6 is 11.3 Å². The van der Waals surface area contributed by atoms with E-state index in [-0.39, 0.29) is 0 Å². The Labute approximate surface area is 323 Å². The van der Waals surface area contributed by atoms with Gasteiger partial charge in [-0.2, -0.15) is 0 Å². The van der Waals surface area contributed by atoms with Crippen molar-refractivity contribution in [2.75, 3.05) is 4.90 Å². The molecule has 2 aromatic heterocycles. The van der Waals surface area contributed by atoms with E-state index in [1.165, 1.54) is 75.0 Å². The Hall–Kier alpha value is -6.94. The number of benzene rings is 9. The molecule has 11 rings (SSSR count). The van der Waals surface area contributed by atoms with Crippen LogP contribution in [0.1, 0.15) is 0 Å². The minimum Gasteiger partial charge on any atom is -0.310 e. The molecule has 3 heteroatoms. The Kier molecular flexibility index (Phi) is 7.39. The number of fused-ring (bicyclic) bond motifs is 7. The van der Waals surface area contributed by atoms with E-state index in [0.29, 0.717) is 0 Å². The van der Waals surface area contributed by atoms with Crippen molar-refractivity contribution in [1.29, 1.82) is 0 Å². The first kappa shape index (κ1) is 31.6. The lowest BCUT2D eigenvalue weighted by atomic mass is 10.00.